The maximum atomic E-state index is 11.3. The molecule has 1 aliphatic heterocycles. The molecule has 0 atom stereocenters. The first-order valence-corrected chi connectivity index (χ1v) is 11.2. The molecule has 0 radical (unpaired) electrons. The van der Waals surface area contributed by atoms with Gasteiger partial charge in [-0.1, -0.05) is 42.5 Å². The molecular formula is C19H30N4O2S. The van der Waals surface area contributed by atoms with Crippen LogP contribution in [0.15, 0.2) is 41.4 Å². The lowest BCUT2D eigenvalue weighted by Crippen LogP contribution is -2.52. The van der Waals surface area contributed by atoms with Gasteiger partial charge in [0.15, 0.2) is 5.96 Å². The number of nitrogens with one attached hydrogen (secondary N) is 1. The van der Waals surface area contributed by atoms with Crippen molar-refractivity contribution in [1.29, 1.82) is 0 Å². The number of sulfone groups is 1. The van der Waals surface area contributed by atoms with Crippen molar-refractivity contribution < 1.29 is 8.42 Å². The lowest BCUT2D eigenvalue weighted by Gasteiger charge is -2.36. The Morgan fingerprint density at radius 1 is 1.19 bits per heavy atom. The molecule has 1 saturated heterocycles. The maximum absolute atomic E-state index is 11.3. The van der Waals surface area contributed by atoms with Crippen molar-refractivity contribution in [3.8, 4) is 0 Å². The number of guanidine groups is 1. The molecule has 1 aromatic carbocycles. The summed E-state index contributed by atoms with van der Waals surface area (Å²) in [5.41, 5.74) is 1.22. The molecule has 26 heavy (non-hydrogen) atoms. The van der Waals surface area contributed by atoms with E-state index in [1.807, 2.05) is 25.1 Å². The molecule has 7 heteroatoms. The summed E-state index contributed by atoms with van der Waals surface area (Å²) in [6.45, 7) is 7.76. The van der Waals surface area contributed by atoms with Gasteiger partial charge in [0.05, 0.1) is 12.3 Å². The molecule has 0 amide bonds. The van der Waals surface area contributed by atoms with Crippen molar-refractivity contribution in [2.24, 2.45) is 4.99 Å². The van der Waals surface area contributed by atoms with Crippen LogP contribution in [-0.4, -0.2) is 82.0 Å². The minimum Gasteiger partial charge on any atom is -0.357 e. The number of benzene rings is 1. The summed E-state index contributed by atoms with van der Waals surface area (Å²) in [6.07, 6.45) is 5.61. The molecule has 0 saturated carbocycles. The number of rotatable bonds is 7. The summed E-state index contributed by atoms with van der Waals surface area (Å²) in [7, 11) is -2.98. The smallest absolute Gasteiger partial charge is 0.194 e. The van der Waals surface area contributed by atoms with Gasteiger partial charge in [0.2, 0.25) is 0 Å². The van der Waals surface area contributed by atoms with E-state index in [4.69, 9.17) is 0 Å². The summed E-state index contributed by atoms with van der Waals surface area (Å²) in [5.74, 6) is 0.905. The van der Waals surface area contributed by atoms with Gasteiger partial charge in [0, 0.05) is 45.5 Å². The van der Waals surface area contributed by atoms with Crippen molar-refractivity contribution in [2.45, 2.75) is 6.92 Å². The molecule has 2 rings (SSSR count). The van der Waals surface area contributed by atoms with Crippen LogP contribution in [0.25, 0.3) is 6.08 Å². The van der Waals surface area contributed by atoms with Crippen LogP contribution in [0.3, 0.4) is 0 Å². The van der Waals surface area contributed by atoms with Crippen LogP contribution in [0.1, 0.15) is 12.5 Å². The Morgan fingerprint density at radius 2 is 1.88 bits per heavy atom. The zero-order valence-electron chi connectivity index (χ0n) is 15.8. The molecule has 6 nitrogen and oxygen atoms in total. The molecule has 0 aliphatic carbocycles. The molecule has 0 bridgehead atoms. The predicted molar refractivity (Wildman–Crippen MR) is 109 cm³/mol. The van der Waals surface area contributed by atoms with Crippen molar-refractivity contribution in [3.05, 3.63) is 42.0 Å². The first-order valence-electron chi connectivity index (χ1n) is 9.13. The number of aliphatic imine (C=N–C) groups is 1. The van der Waals surface area contributed by atoms with E-state index in [9.17, 15) is 8.42 Å². The summed E-state index contributed by atoms with van der Waals surface area (Å²) in [4.78, 5) is 9.09. The molecule has 0 unspecified atom stereocenters. The van der Waals surface area contributed by atoms with Crippen LogP contribution in [0.4, 0.5) is 0 Å². The average Bonchev–Trinajstić information content (AvgIpc) is 2.62. The van der Waals surface area contributed by atoms with Gasteiger partial charge in [-0.05, 0) is 12.5 Å². The van der Waals surface area contributed by atoms with Gasteiger partial charge in [0.25, 0.3) is 0 Å². The second-order valence-electron chi connectivity index (χ2n) is 6.47. The predicted octanol–water partition coefficient (Wildman–Crippen LogP) is 1.33. The highest BCUT2D eigenvalue weighted by Crippen LogP contribution is 2.05. The monoisotopic (exact) mass is 378 g/mol. The van der Waals surface area contributed by atoms with Crippen molar-refractivity contribution in [2.75, 3.05) is 57.8 Å². The lowest BCUT2D eigenvalue weighted by molar-refractivity contribution is 0.194. The van der Waals surface area contributed by atoms with E-state index in [1.54, 1.807) is 0 Å². The molecule has 0 spiro atoms. The van der Waals surface area contributed by atoms with E-state index in [1.165, 1.54) is 11.8 Å². The summed E-state index contributed by atoms with van der Waals surface area (Å²) in [6, 6.07) is 10.3. The van der Waals surface area contributed by atoms with Crippen LogP contribution in [0.2, 0.25) is 0 Å². The standard InChI is InChI=1S/C19H30N4O2S/c1-3-20-19(21-11-17-26(2,24)25)23-15-13-22(14-16-23)12-7-10-18-8-5-4-6-9-18/h4-10H,3,11-17H2,1-2H3,(H,20,21)/b10-7+. The quantitative estimate of drug-likeness (QED) is 0.573. The minimum atomic E-state index is -2.98. The maximum Gasteiger partial charge on any atom is 0.194 e. The second kappa shape index (κ2) is 10.3. The highest BCUT2D eigenvalue weighted by atomic mass is 32.2. The van der Waals surface area contributed by atoms with Gasteiger partial charge in [-0.25, -0.2) is 8.42 Å². The highest BCUT2D eigenvalue weighted by Gasteiger charge is 2.18. The Hall–Kier alpha value is -1.86. The Labute approximate surface area is 157 Å². The van der Waals surface area contributed by atoms with Crippen molar-refractivity contribution >= 4 is 21.9 Å². The largest absolute Gasteiger partial charge is 0.357 e. The normalized spacial score (nSPS) is 17.0. The van der Waals surface area contributed by atoms with Crippen molar-refractivity contribution in [3.63, 3.8) is 0 Å². The highest BCUT2D eigenvalue weighted by molar-refractivity contribution is 7.90. The van der Waals surface area contributed by atoms with Gasteiger partial charge in [-0.15, -0.1) is 0 Å². The molecule has 1 fully saturated rings. The summed E-state index contributed by atoms with van der Waals surface area (Å²) < 4.78 is 22.6. The Kier molecular flexibility index (Phi) is 8.12. The molecule has 1 aliphatic rings. The average molecular weight is 379 g/mol. The Bertz CT molecular complexity index is 694. The molecular weight excluding hydrogens is 348 g/mol. The van der Waals surface area contributed by atoms with Gasteiger partial charge in [0.1, 0.15) is 9.84 Å². The zero-order valence-corrected chi connectivity index (χ0v) is 16.6. The third-order valence-corrected chi connectivity index (χ3v) is 5.13. The summed E-state index contributed by atoms with van der Waals surface area (Å²) in [5, 5.41) is 3.27. The Morgan fingerprint density at radius 3 is 2.50 bits per heavy atom. The number of hydrogen-bond donors (Lipinski definition) is 1. The van der Waals surface area contributed by atoms with Crippen LogP contribution in [-0.2, 0) is 9.84 Å². The van der Waals surface area contributed by atoms with Gasteiger partial charge >= 0.3 is 0 Å². The fourth-order valence-corrected chi connectivity index (χ4v) is 3.21. The molecule has 144 valence electrons. The van der Waals surface area contributed by atoms with E-state index >= 15 is 0 Å². The van der Waals surface area contributed by atoms with Gasteiger partial charge in [-0.2, -0.15) is 0 Å². The Balaban J connectivity index is 1.81. The SMILES string of the molecule is CCNC(=NCCS(C)(=O)=O)N1CCN(C/C=C/c2ccccc2)CC1. The fourth-order valence-electron chi connectivity index (χ4n) is 2.79. The topological polar surface area (TPSA) is 65.0 Å². The second-order valence-corrected chi connectivity index (χ2v) is 8.73. The van der Waals surface area contributed by atoms with Crippen LogP contribution in [0, 0.1) is 0 Å². The number of nitrogens with zero attached hydrogens (tertiary/aromatic N) is 3. The van der Waals surface area contributed by atoms with Crippen LogP contribution in [0.5, 0.6) is 0 Å². The first kappa shape index (κ1) is 20.5. The molecule has 1 aromatic rings. The minimum absolute atomic E-state index is 0.0894. The molecule has 0 aromatic heterocycles. The van der Waals surface area contributed by atoms with Gasteiger partial charge in [-0.3, -0.25) is 9.89 Å². The fraction of sp³-hybridized carbons (Fsp3) is 0.526. The third-order valence-electron chi connectivity index (χ3n) is 4.20. The van der Waals surface area contributed by atoms with E-state index in [-0.39, 0.29) is 5.75 Å². The summed E-state index contributed by atoms with van der Waals surface area (Å²) >= 11 is 0. The zero-order chi connectivity index (χ0) is 18.8. The third kappa shape index (κ3) is 7.58. The van der Waals surface area contributed by atoms with Gasteiger partial charge < -0.3 is 10.2 Å². The van der Waals surface area contributed by atoms with E-state index in [0.717, 1.165) is 45.2 Å². The first-order chi connectivity index (χ1) is 12.5. The van der Waals surface area contributed by atoms with Crippen LogP contribution < -0.4 is 5.32 Å². The number of piperazine rings is 1. The van der Waals surface area contributed by atoms with E-state index in [2.05, 4.69) is 44.4 Å². The molecule has 1 heterocycles. The van der Waals surface area contributed by atoms with E-state index in [0.29, 0.717) is 6.54 Å². The lowest BCUT2D eigenvalue weighted by atomic mass is 10.2. The number of hydrogen-bond acceptors (Lipinski definition) is 4. The van der Waals surface area contributed by atoms with Crippen LogP contribution >= 0.6 is 0 Å². The molecule has 1 N–H and O–H groups in total. The van der Waals surface area contributed by atoms with E-state index < -0.39 is 9.84 Å². The van der Waals surface area contributed by atoms with Crippen molar-refractivity contribution in [1.82, 2.24) is 15.1 Å².